The average Bonchev–Trinajstić information content (AvgIpc) is 3.00. The molecule has 0 radical (unpaired) electrons. The van der Waals surface area contributed by atoms with Gasteiger partial charge < -0.3 is 18.6 Å². The summed E-state index contributed by atoms with van der Waals surface area (Å²) in [7, 11) is 0. The van der Waals surface area contributed by atoms with Gasteiger partial charge in [0.1, 0.15) is 23.3 Å². The summed E-state index contributed by atoms with van der Waals surface area (Å²) in [6.45, 7) is 12.3. The summed E-state index contributed by atoms with van der Waals surface area (Å²) in [5.74, 6) is 1.25. The quantitative estimate of drug-likeness (QED) is 0.0602. The Morgan fingerprint density at radius 3 is 1.84 bits per heavy atom. The van der Waals surface area contributed by atoms with Gasteiger partial charge in [0.25, 0.3) is 0 Å². The van der Waals surface area contributed by atoms with Crippen molar-refractivity contribution in [2.75, 3.05) is 19.8 Å². The van der Waals surface area contributed by atoms with Gasteiger partial charge in [-0.3, -0.25) is 0 Å². The predicted molar refractivity (Wildman–Crippen MR) is 187 cm³/mol. The lowest BCUT2D eigenvalue weighted by atomic mass is 10.1. The minimum Gasteiger partial charge on any atom is -0.493 e. The van der Waals surface area contributed by atoms with Crippen molar-refractivity contribution in [1.82, 2.24) is 0 Å². The number of unbranched alkanes of at least 4 members (excludes halogenated alkanes) is 14. The zero-order valence-electron chi connectivity index (χ0n) is 28.8. The normalized spacial score (nSPS) is 11.6. The zero-order chi connectivity index (χ0) is 31.8. The molecule has 0 saturated carbocycles. The summed E-state index contributed by atoms with van der Waals surface area (Å²) in [5, 5.41) is 0.674. The van der Waals surface area contributed by atoms with Gasteiger partial charge in [0.2, 0.25) is 5.75 Å². The largest absolute Gasteiger partial charge is 0.493 e. The van der Waals surface area contributed by atoms with Gasteiger partial charge >= 0.3 is 5.63 Å². The first-order valence-corrected chi connectivity index (χ1v) is 17.7. The highest BCUT2D eigenvalue weighted by Crippen LogP contribution is 2.39. The number of hydrogen-bond acceptors (Lipinski definition) is 5. The van der Waals surface area contributed by atoms with Crippen LogP contribution in [0.1, 0.15) is 150 Å². The molecule has 0 amide bonds. The van der Waals surface area contributed by atoms with Gasteiger partial charge in [-0.1, -0.05) is 127 Å². The van der Waals surface area contributed by atoms with E-state index in [2.05, 4.69) is 46.8 Å². The second kappa shape index (κ2) is 23.7. The standard InChI is InChI=1S/C39H62O5/c1-6-8-10-12-14-16-18-20-29-41-34-26-23-27-35-36(34)37(43-31-28-33(5)25-22-24-32(3)4)38(39(40)44-35)42-30-21-19-17-15-13-11-9-7-2/h23-24,26-28H,6-22,25,29-31H2,1-5H3. The Morgan fingerprint density at radius 2 is 1.25 bits per heavy atom. The molecule has 0 unspecified atom stereocenters. The molecule has 0 bridgehead atoms. The molecule has 0 aliphatic carbocycles. The van der Waals surface area contributed by atoms with Crippen LogP contribution < -0.4 is 19.8 Å². The van der Waals surface area contributed by atoms with Crippen molar-refractivity contribution in [3.05, 3.63) is 51.9 Å². The maximum Gasteiger partial charge on any atom is 0.383 e. The molecule has 2 aromatic rings. The molecule has 5 nitrogen and oxygen atoms in total. The van der Waals surface area contributed by atoms with Crippen LogP contribution in [0.2, 0.25) is 0 Å². The van der Waals surface area contributed by atoms with Gasteiger partial charge in [-0.2, -0.15) is 0 Å². The molecular formula is C39H62O5. The van der Waals surface area contributed by atoms with Crippen molar-refractivity contribution in [1.29, 1.82) is 0 Å². The predicted octanol–water partition coefficient (Wildman–Crippen LogP) is 11.9. The third-order valence-corrected chi connectivity index (χ3v) is 8.06. The highest BCUT2D eigenvalue weighted by atomic mass is 16.5. The fourth-order valence-electron chi connectivity index (χ4n) is 5.34. The van der Waals surface area contributed by atoms with Gasteiger partial charge in [-0.25, -0.2) is 4.79 Å². The Morgan fingerprint density at radius 1 is 0.682 bits per heavy atom. The van der Waals surface area contributed by atoms with Crippen molar-refractivity contribution in [3.8, 4) is 17.2 Å². The van der Waals surface area contributed by atoms with E-state index in [0.717, 1.165) is 38.5 Å². The second-order valence-electron chi connectivity index (χ2n) is 12.5. The van der Waals surface area contributed by atoms with Crippen LogP contribution in [0.5, 0.6) is 17.2 Å². The first kappa shape index (κ1) is 37.5. The molecule has 1 aromatic heterocycles. The highest BCUT2D eigenvalue weighted by molar-refractivity contribution is 5.91. The van der Waals surface area contributed by atoms with E-state index >= 15 is 0 Å². The smallest absolute Gasteiger partial charge is 0.383 e. The first-order valence-electron chi connectivity index (χ1n) is 17.7. The molecule has 0 saturated heterocycles. The van der Waals surface area contributed by atoms with Gasteiger partial charge in [0, 0.05) is 0 Å². The summed E-state index contributed by atoms with van der Waals surface area (Å²) in [5.41, 5.74) is 2.54. The Balaban J connectivity index is 2.12. The molecule has 44 heavy (non-hydrogen) atoms. The number of rotatable bonds is 26. The Hall–Kier alpha value is -2.69. The second-order valence-corrected chi connectivity index (χ2v) is 12.5. The lowest BCUT2D eigenvalue weighted by molar-refractivity contribution is 0.262. The minimum atomic E-state index is -0.503. The SMILES string of the molecule is CCCCCCCCCCOc1c(OCC=C(C)CCC=C(C)C)c2c(OCCCCCCCCCC)cccc2oc1=O. The maximum atomic E-state index is 13.1. The Bertz CT molecular complexity index is 1160. The molecule has 0 aliphatic rings. The molecule has 5 heteroatoms. The fourth-order valence-corrected chi connectivity index (χ4v) is 5.34. The van der Waals surface area contributed by atoms with Crippen molar-refractivity contribution >= 4 is 11.0 Å². The highest BCUT2D eigenvalue weighted by Gasteiger charge is 2.21. The molecule has 0 N–H and O–H groups in total. The zero-order valence-corrected chi connectivity index (χ0v) is 28.8. The van der Waals surface area contributed by atoms with E-state index in [1.165, 1.54) is 88.2 Å². The van der Waals surface area contributed by atoms with E-state index in [4.69, 9.17) is 18.6 Å². The molecule has 0 atom stereocenters. The topological polar surface area (TPSA) is 57.9 Å². The molecule has 1 heterocycles. The Kier molecular flexibility index (Phi) is 20.2. The first-order chi connectivity index (χ1) is 21.5. The number of fused-ring (bicyclic) bond motifs is 1. The number of benzene rings is 1. The van der Waals surface area contributed by atoms with Crippen molar-refractivity contribution in [3.63, 3.8) is 0 Å². The minimum absolute atomic E-state index is 0.152. The number of ether oxygens (including phenoxy) is 3. The number of hydrogen-bond donors (Lipinski definition) is 0. The third-order valence-electron chi connectivity index (χ3n) is 8.06. The van der Waals surface area contributed by atoms with Crippen LogP contribution in [0.4, 0.5) is 0 Å². The maximum absolute atomic E-state index is 13.1. The van der Waals surface area contributed by atoms with Crippen LogP contribution in [-0.2, 0) is 0 Å². The molecular weight excluding hydrogens is 548 g/mol. The lowest BCUT2D eigenvalue weighted by Gasteiger charge is -2.16. The molecule has 0 spiro atoms. The van der Waals surface area contributed by atoms with Crippen molar-refractivity contribution < 1.29 is 18.6 Å². The van der Waals surface area contributed by atoms with E-state index in [-0.39, 0.29) is 5.75 Å². The fraction of sp³-hybridized carbons (Fsp3) is 0.667. The summed E-state index contributed by atoms with van der Waals surface area (Å²) >= 11 is 0. The van der Waals surface area contributed by atoms with Gasteiger partial charge in [0.15, 0.2) is 5.75 Å². The average molecular weight is 611 g/mol. The van der Waals surface area contributed by atoms with Crippen LogP contribution in [-0.4, -0.2) is 19.8 Å². The van der Waals surface area contributed by atoms with Crippen molar-refractivity contribution in [2.24, 2.45) is 0 Å². The molecule has 1 aromatic carbocycles. The summed E-state index contributed by atoms with van der Waals surface area (Å²) < 4.78 is 24.5. The van der Waals surface area contributed by atoms with E-state index in [0.29, 0.717) is 42.3 Å². The van der Waals surface area contributed by atoms with Gasteiger partial charge in [-0.05, 0) is 64.7 Å². The van der Waals surface area contributed by atoms with Crippen LogP contribution >= 0.6 is 0 Å². The van der Waals surface area contributed by atoms with Gasteiger partial charge in [0.05, 0.1) is 13.2 Å². The van der Waals surface area contributed by atoms with Crippen molar-refractivity contribution in [2.45, 2.75) is 150 Å². The molecule has 248 valence electrons. The van der Waals surface area contributed by atoms with E-state index in [9.17, 15) is 4.79 Å². The summed E-state index contributed by atoms with van der Waals surface area (Å²) in [6, 6.07) is 5.60. The van der Waals surface area contributed by atoms with E-state index in [1.807, 2.05) is 12.1 Å². The van der Waals surface area contributed by atoms with Gasteiger partial charge in [-0.15, -0.1) is 0 Å². The van der Waals surface area contributed by atoms with Crippen LogP contribution in [0.25, 0.3) is 11.0 Å². The van der Waals surface area contributed by atoms with Crippen LogP contribution in [0.15, 0.2) is 50.7 Å². The van der Waals surface area contributed by atoms with E-state index < -0.39 is 5.63 Å². The number of allylic oxidation sites excluding steroid dienone is 3. The molecule has 2 rings (SSSR count). The lowest BCUT2D eigenvalue weighted by Crippen LogP contribution is -2.12. The third kappa shape index (κ3) is 15.3. The monoisotopic (exact) mass is 610 g/mol. The van der Waals surface area contributed by atoms with Crippen LogP contribution in [0.3, 0.4) is 0 Å². The molecule has 0 fully saturated rings. The summed E-state index contributed by atoms with van der Waals surface area (Å²) in [6.07, 6.45) is 25.9. The summed E-state index contributed by atoms with van der Waals surface area (Å²) in [4.78, 5) is 13.1. The Labute approximate surface area is 268 Å². The van der Waals surface area contributed by atoms with Crippen LogP contribution in [0, 0.1) is 0 Å². The van der Waals surface area contributed by atoms with E-state index in [1.54, 1.807) is 6.07 Å². The molecule has 0 aliphatic heterocycles.